The van der Waals surface area contributed by atoms with Crippen molar-refractivity contribution in [3.63, 3.8) is 0 Å². The lowest BCUT2D eigenvalue weighted by Gasteiger charge is -2.09. The molecule has 7 heteroatoms. The number of hydrogen-bond donors (Lipinski definition) is 0. The van der Waals surface area contributed by atoms with E-state index in [9.17, 15) is 9.59 Å². The summed E-state index contributed by atoms with van der Waals surface area (Å²) >= 11 is 0. The van der Waals surface area contributed by atoms with E-state index in [1.165, 1.54) is 0 Å². The molecule has 0 amide bonds. The second-order valence-corrected chi connectivity index (χ2v) is 6.02. The Morgan fingerprint density at radius 2 is 1.46 bits per heavy atom. The number of benzene rings is 1. The van der Waals surface area contributed by atoms with E-state index in [-0.39, 0.29) is 11.9 Å². The van der Waals surface area contributed by atoms with Crippen LogP contribution >= 0.6 is 0 Å². The Kier molecular flexibility index (Phi) is 9.04. The number of nitrogens with zero attached hydrogens (tertiary/aromatic N) is 1. The van der Waals surface area contributed by atoms with Crippen molar-refractivity contribution in [1.82, 2.24) is 4.98 Å². The van der Waals surface area contributed by atoms with E-state index in [1.807, 2.05) is 24.3 Å². The third-order valence-electron chi connectivity index (χ3n) is 3.82. The first-order chi connectivity index (χ1) is 13.6. The van der Waals surface area contributed by atoms with Gasteiger partial charge in [-0.1, -0.05) is 0 Å². The molecule has 0 spiro atoms. The molecule has 2 aromatic rings. The molecule has 0 bridgehead atoms. The number of esters is 2. The van der Waals surface area contributed by atoms with Crippen LogP contribution in [-0.4, -0.2) is 43.4 Å². The molecule has 152 valence electrons. The van der Waals surface area contributed by atoms with Gasteiger partial charge in [0, 0.05) is 30.4 Å². The first kappa shape index (κ1) is 21.5. The Balaban J connectivity index is 1.83. The summed E-state index contributed by atoms with van der Waals surface area (Å²) in [6.07, 6.45) is 1.82. The topological polar surface area (TPSA) is 84.0 Å². The minimum absolute atomic E-state index is 0.212. The number of fused-ring (bicyclic) bond motifs is 1. The summed E-state index contributed by atoms with van der Waals surface area (Å²) in [5, 5.41) is 0.970. The summed E-state index contributed by atoms with van der Waals surface area (Å²) in [6, 6.07) is 9.35. The zero-order valence-electron chi connectivity index (χ0n) is 16.4. The van der Waals surface area contributed by atoms with Gasteiger partial charge in [0.15, 0.2) is 0 Å². The lowest BCUT2D eigenvalue weighted by Crippen LogP contribution is -2.07. The Bertz CT molecular complexity index is 716. The maximum atomic E-state index is 11.3. The van der Waals surface area contributed by atoms with Gasteiger partial charge in [-0.2, -0.15) is 0 Å². The van der Waals surface area contributed by atoms with Crippen LogP contribution < -0.4 is 9.47 Å². The van der Waals surface area contributed by atoms with Crippen LogP contribution in [-0.2, 0) is 19.1 Å². The fourth-order valence-corrected chi connectivity index (χ4v) is 2.51. The average molecular weight is 389 g/mol. The Hall–Kier alpha value is -2.83. The van der Waals surface area contributed by atoms with Gasteiger partial charge in [-0.05, 0) is 44.9 Å². The maximum absolute atomic E-state index is 11.3. The summed E-state index contributed by atoms with van der Waals surface area (Å²) in [5.74, 6) is 0.748. The van der Waals surface area contributed by atoms with Crippen molar-refractivity contribution in [3.05, 3.63) is 30.3 Å². The summed E-state index contributed by atoms with van der Waals surface area (Å²) in [7, 11) is 0. The van der Waals surface area contributed by atoms with Gasteiger partial charge in [0.2, 0.25) is 5.88 Å². The molecule has 28 heavy (non-hydrogen) atoms. The van der Waals surface area contributed by atoms with E-state index in [0.717, 1.165) is 10.9 Å². The number of rotatable bonds is 12. The lowest BCUT2D eigenvalue weighted by molar-refractivity contribution is -0.144. The summed E-state index contributed by atoms with van der Waals surface area (Å²) in [6.45, 7) is 5.17. The van der Waals surface area contributed by atoms with Gasteiger partial charge in [-0.3, -0.25) is 9.59 Å². The molecule has 1 aromatic heterocycles. The van der Waals surface area contributed by atoms with Crippen molar-refractivity contribution in [2.24, 2.45) is 0 Å². The van der Waals surface area contributed by atoms with Gasteiger partial charge >= 0.3 is 11.9 Å². The molecule has 0 aliphatic heterocycles. The SMILES string of the molecule is CCOC(=O)CCCOc1ccc2ccc(OCCCC(=O)OCC)nc2c1. The number of aromatic nitrogens is 1. The minimum atomic E-state index is -0.220. The van der Waals surface area contributed by atoms with Crippen LogP contribution in [0.5, 0.6) is 11.6 Å². The van der Waals surface area contributed by atoms with Crippen LogP contribution in [0.3, 0.4) is 0 Å². The van der Waals surface area contributed by atoms with Crippen LogP contribution in [0.1, 0.15) is 39.5 Å². The largest absolute Gasteiger partial charge is 0.494 e. The third kappa shape index (κ3) is 7.42. The molecule has 0 saturated carbocycles. The molecule has 1 aromatic carbocycles. The monoisotopic (exact) mass is 389 g/mol. The van der Waals surface area contributed by atoms with Gasteiger partial charge in [0.25, 0.3) is 0 Å². The fourth-order valence-electron chi connectivity index (χ4n) is 2.51. The molecule has 0 unspecified atom stereocenters. The molecule has 0 N–H and O–H groups in total. The third-order valence-corrected chi connectivity index (χ3v) is 3.82. The van der Waals surface area contributed by atoms with Crippen molar-refractivity contribution < 1.29 is 28.5 Å². The Morgan fingerprint density at radius 1 is 0.857 bits per heavy atom. The number of carbonyl (C=O) groups is 2. The smallest absolute Gasteiger partial charge is 0.305 e. The van der Waals surface area contributed by atoms with Crippen molar-refractivity contribution in [3.8, 4) is 11.6 Å². The maximum Gasteiger partial charge on any atom is 0.305 e. The lowest BCUT2D eigenvalue weighted by atomic mass is 10.2. The summed E-state index contributed by atoms with van der Waals surface area (Å²) < 4.78 is 21.1. The molecule has 1 heterocycles. The highest BCUT2D eigenvalue weighted by Crippen LogP contribution is 2.22. The number of carbonyl (C=O) groups excluding carboxylic acids is 2. The highest BCUT2D eigenvalue weighted by atomic mass is 16.5. The van der Waals surface area contributed by atoms with E-state index in [4.69, 9.17) is 18.9 Å². The van der Waals surface area contributed by atoms with Crippen molar-refractivity contribution >= 4 is 22.8 Å². The highest BCUT2D eigenvalue weighted by Gasteiger charge is 2.05. The zero-order chi connectivity index (χ0) is 20.2. The molecule has 0 fully saturated rings. The van der Waals surface area contributed by atoms with Crippen molar-refractivity contribution in [2.75, 3.05) is 26.4 Å². The van der Waals surface area contributed by atoms with Gasteiger partial charge in [-0.25, -0.2) is 4.98 Å². The van der Waals surface area contributed by atoms with Gasteiger partial charge in [0.05, 0.1) is 31.9 Å². The van der Waals surface area contributed by atoms with E-state index >= 15 is 0 Å². The molecule has 2 rings (SSSR count). The minimum Gasteiger partial charge on any atom is -0.494 e. The summed E-state index contributed by atoms with van der Waals surface area (Å²) in [5.41, 5.74) is 0.755. The quantitative estimate of drug-likeness (QED) is 0.404. The highest BCUT2D eigenvalue weighted by molar-refractivity contribution is 5.80. The number of hydrogen-bond acceptors (Lipinski definition) is 7. The van der Waals surface area contributed by atoms with Gasteiger partial charge in [0.1, 0.15) is 5.75 Å². The predicted octanol–water partition coefficient (Wildman–Crippen LogP) is 3.68. The van der Waals surface area contributed by atoms with Gasteiger partial charge < -0.3 is 18.9 Å². The Labute approximate surface area is 164 Å². The van der Waals surface area contributed by atoms with E-state index in [1.54, 1.807) is 19.9 Å². The number of pyridine rings is 1. The van der Waals surface area contributed by atoms with Crippen molar-refractivity contribution in [1.29, 1.82) is 0 Å². The van der Waals surface area contributed by atoms with Crippen LogP contribution in [0, 0.1) is 0 Å². The Morgan fingerprint density at radius 3 is 2.11 bits per heavy atom. The van der Waals surface area contributed by atoms with Crippen molar-refractivity contribution in [2.45, 2.75) is 39.5 Å². The second kappa shape index (κ2) is 11.8. The molecule has 0 radical (unpaired) electrons. The summed E-state index contributed by atoms with van der Waals surface area (Å²) in [4.78, 5) is 27.1. The first-order valence-corrected chi connectivity index (χ1v) is 9.60. The van der Waals surface area contributed by atoms with Gasteiger partial charge in [-0.15, -0.1) is 0 Å². The molecule has 0 atom stereocenters. The van der Waals surface area contributed by atoms with E-state index < -0.39 is 0 Å². The molecular weight excluding hydrogens is 362 g/mol. The molecule has 0 saturated heterocycles. The molecule has 0 aliphatic rings. The average Bonchev–Trinajstić information content (AvgIpc) is 2.69. The molecule has 7 nitrogen and oxygen atoms in total. The van der Waals surface area contributed by atoms with E-state index in [0.29, 0.717) is 63.7 Å². The fraction of sp³-hybridized carbons (Fsp3) is 0.476. The number of ether oxygens (including phenoxy) is 4. The first-order valence-electron chi connectivity index (χ1n) is 9.60. The van der Waals surface area contributed by atoms with Crippen LogP contribution in [0.25, 0.3) is 10.9 Å². The normalized spacial score (nSPS) is 10.5. The van der Waals surface area contributed by atoms with Crippen LogP contribution in [0.4, 0.5) is 0 Å². The zero-order valence-corrected chi connectivity index (χ0v) is 16.4. The van der Waals surface area contributed by atoms with Crippen LogP contribution in [0.15, 0.2) is 30.3 Å². The standard InChI is InChI=1S/C21H27NO6/c1-3-25-20(23)7-5-13-27-17-11-9-16-10-12-19(22-18(16)15-17)28-14-6-8-21(24)26-4-2/h9-12,15H,3-8,13-14H2,1-2H3. The predicted molar refractivity (Wildman–Crippen MR) is 104 cm³/mol. The van der Waals surface area contributed by atoms with Crippen LogP contribution in [0.2, 0.25) is 0 Å². The molecular formula is C21H27NO6. The second-order valence-electron chi connectivity index (χ2n) is 6.02. The van der Waals surface area contributed by atoms with E-state index in [2.05, 4.69) is 4.98 Å². The molecule has 0 aliphatic carbocycles.